The Hall–Kier alpha value is -1.69. The largest absolute Gasteiger partial charge is 0.476 e. The molecule has 2 heterocycles. The SMILES string of the molecule is O=C(O)c1cnc(NCCCC2CCCCO2)cn1. The predicted molar refractivity (Wildman–Crippen MR) is 70.3 cm³/mol. The van der Waals surface area contributed by atoms with Gasteiger partial charge >= 0.3 is 5.97 Å². The third kappa shape index (κ3) is 4.48. The van der Waals surface area contributed by atoms with Crippen LogP contribution in [0.15, 0.2) is 12.4 Å². The molecule has 0 spiro atoms. The van der Waals surface area contributed by atoms with Gasteiger partial charge in [0.25, 0.3) is 0 Å². The zero-order valence-electron chi connectivity index (χ0n) is 10.8. The number of carboxylic acids is 1. The van der Waals surface area contributed by atoms with Crippen molar-refractivity contribution in [2.45, 2.75) is 38.2 Å². The molecule has 0 radical (unpaired) electrons. The minimum atomic E-state index is -1.06. The van der Waals surface area contributed by atoms with Crippen LogP contribution in [-0.4, -0.2) is 40.3 Å². The van der Waals surface area contributed by atoms with E-state index in [1.54, 1.807) is 0 Å². The third-order valence-corrected chi connectivity index (χ3v) is 3.15. The molecule has 0 amide bonds. The van der Waals surface area contributed by atoms with Gasteiger partial charge in [0.2, 0.25) is 0 Å². The molecule has 1 atom stereocenters. The molecule has 1 aliphatic rings. The summed E-state index contributed by atoms with van der Waals surface area (Å²) in [6, 6.07) is 0. The first-order valence-electron chi connectivity index (χ1n) is 6.66. The maximum Gasteiger partial charge on any atom is 0.356 e. The van der Waals surface area contributed by atoms with E-state index in [9.17, 15) is 4.79 Å². The Bertz CT molecular complexity index is 402. The Kier molecular flexibility index (Phi) is 5.09. The Labute approximate surface area is 112 Å². The number of hydrogen-bond acceptors (Lipinski definition) is 5. The molecule has 1 aromatic rings. The van der Waals surface area contributed by atoms with Gasteiger partial charge in [-0.25, -0.2) is 14.8 Å². The Balaban J connectivity index is 1.66. The summed E-state index contributed by atoms with van der Waals surface area (Å²) in [5.41, 5.74) is -0.0406. The number of carbonyl (C=O) groups is 1. The summed E-state index contributed by atoms with van der Waals surface area (Å²) in [4.78, 5) is 18.4. The van der Waals surface area contributed by atoms with E-state index < -0.39 is 5.97 Å². The van der Waals surface area contributed by atoms with E-state index in [2.05, 4.69) is 15.3 Å². The van der Waals surface area contributed by atoms with E-state index in [0.29, 0.717) is 11.9 Å². The summed E-state index contributed by atoms with van der Waals surface area (Å²) in [5.74, 6) is -0.456. The fourth-order valence-corrected chi connectivity index (χ4v) is 2.11. The number of anilines is 1. The quantitative estimate of drug-likeness (QED) is 0.765. The molecule has 0 saturated carbocycles. The minimum Gasteiger partial charge on any atom is -0.476 e. The summed E-state index contributed by atoms with van der Waals surface area (Å²) in [5, 5.41) is 11.8. The van der Waals surface area contributed by atoms with Crippen molar-refractivity contribution >= 4 is 11.8 Å². The molecule has 6 nitrogen and oxygen atoms in total. The average molecular weight is 265 g/mol. The number of aromatic nitrogens is 2. The van der Waals surface area contributed by atoms with Gasteiger partial charge in [-0.05, 0) is 32.1 Å². The standard InChI is InChI=1S/C13H19N3O3/c17-13(18)11-8-16-12(9-15-11)14-6-3-5-10-4-1-2-7-19-10/h8-10H,1-7H2,(H,14,16)(H,17,18). The topological polar surface area (TPSA) is 84.3 Å². The normalized spacial score (nSPS) is 19.1. The molecule has 1 fully saturated rings. The first-order valence-corrected chi connectivity index (χ1v) is 6.66. The second-order valence-electron chi connectivity index (χ2n) is 4.65. The minimum absolute atomic E-state index is 0.0406. The maximum absolute atomic E-state index is 10.6. The summed E-state index contributed by atoms with van der Waals surface area (Å²) in [7, 11) is 0. The third-order valence-electron chi connectivity index (χ3n) is 3.15. The van der Waals surface area contributed by atoms with E-state index in [1.807, 2.05) is 0 Å². The van der Waals surface area contributed by atoms with E-state index in [4.69, 9.17) is 9.84 Å². The lowest BCUT2D eigenvalue weighted by Crippen LogP contribution is -2.20. The summed E-state index contributed by atoms with van der Waals surface area (Å²) < 4.78 is 5.65. The molecule has 0 bridgehead atoms. The number of rotatable bonds is 6. The highest BCUT2D eigenvalue weighted by Crippen LogP contribution is 2.16. The van der Waals surface area contributed by atoms with Crippen molar-refractivity contribution in [2.24, 2.45) is 0 Å². The first-order chi connectivity index (χ1) is 9.25. The van der Waals surface area contributed by atoms with Crippen molar-refractivity contribution in [3.63, 3.8) is 0 Å². The Morgan fingerprint density at radius 2 is 2.32 bits per heavy atom. The van der Waals surface area contributed by atoms with Crippen LogP contribution in [0.4, 0.5) is 5.82 Å². The molecule has 0 aliphatic carbocycles. The summed E-state index contributed by atoms with van der Waals surface area (Å²) in [6.07, 6.45) is 8.76. The zero-order valence-corrected chi connectivity index (χ0v) is 10.8. The monoisotopic (exact) mass is 265 g/mol. The van der Waals surface area contributed by atoms with Crippen molar-refractivity contribution in [1.29, 1.82) is 0 Å². The van der Waals surface area contributed by atoms with Gasteiger partial charge in [0.05, 0.1) is 18.5 Å². The van der Waals surface area contributed by atoms with E-state index >= 15 is 0 Å². The number of carboxylic acid groups (broad SMARTS) is 1. The molecule has 104 valence electrons. The van der Waals surface area contributed by atoms with E-state index in [1.165, 1.54) is 25.2 Å². The summed E-state index contributed by atoms with van der Waals surface area (Å²) >= 11 is 0. The highest BCUT2D eigenvalue weighted by atomic mass is 16.5. The lowest BCUT2D eigenvalue weighted by Gasteiger charge is -2.22. The lowest BCUT2D eigenvalue weighted by atomic mass is 10.0. The van der Waals surface area contributed by atoms with Crippen LogP contribution >= 0.6 is 0 Å². The molecular formula is C13H19N3O3. The number of nitrogens with zero attached hydrogens (tertiary/aromatic N) is 2. The molecule has 1 aromatic heterocycles. The van der Waals surface area contributed by atoms with Crippen LogP contribution in [0.1, 0.15) is 42.6 Å². The second-order valence-corrected chi connectivity index (χ2v) is 4.65. The van der Waals surface area contributed by atoms with Gasteiger partial charge in [0.15, 0.2) is 5.69 Å². The summed E-state index contributed by atoms with van der Waals surface area (Å²) in [6.45, 7) is 1.68. The van der Waals surface area contributed by atoms with Crippen molar-refractivity contribution in [3.05, 3.63) is 18.1 Å². The predicted octanol–water partition coefficient (Wildman–Crippen LogP) is 1.94. The molecule has 0 aromatic carbocycles. The van der Waals surface area contributed by atoms with Crippen LogP contribution in [0, 0.1) is 0 Å². The fraction of sp³-hybridized carbons (Fsp3) is 0.615. The highest BCUT2D eigenvalue weighted by molar-refractivity contribution is 5.84. The van der Waals surface area contributed by atoms with E-state index in [0.717, 1.165) is 32.4 Å². The van der Waals surface area contributed by atoms with Crippen LogP contribution in [0.3, 0.4) is 0 Å². The lowest BCUT2D eigenvalue weighted by molar-refractivity contribution is 0.0107. The molecule has 2 rings (SSSR count). The number of nitrogens with one attached hydrogen (secondary N) is 1. The number of ether oxygens (including phenoxy) is 1. The molecule has 1 saturated heterocycles. The molecule has 1 unspecified atom stereocenters. The van der Waals surface area contributed by atoms with Crippen LogP contribution in [0.25, 0.3) is 0 Å². The van der Waals surface area contributed by atoms with Crippen LogP contribution < -0.4 is 5.32 Å². The first kappa shape index (κ1) is 13.7. The molecule has 6 heteroatoms. The van der Waals surface area contributed by atoms with Crippen molar-refractivity contribution in [3.8, 4) is 0 Å². The molecule has 19 heavy (non-hydrogen) atoms. The zero-order chi connectivity index (χ0) is 13.5. The fourth-order valence-electron chi connectivity index (χ4n) is 2.11. The Morgan fingerprint density at radius 3 is 2.95 bits per heavy atom. The Morgan fingerprint density at radius 1 is 1.42 bits per heavy atom. The van der Waals surface area contributed by atoms with Crippen molar-refractivity contribution in [2.75, 3.05) is 18.5 Å². The van der Waals surface area contributed by atoms with Gasteiger partial charge in [-0.2, -0.15) is 0 Å². The van der Waals surface area contributed by atoms with Crippen molar-refractivity contribution < 1.29 is 14.6 Å². The van der Waals surface area contributed by atoms with Gasteiger partial charge in [0, 0.05) is 13.2 Å². The smallest absolute Gasteiger partial charge is 0.356 e. The van der Waals surface area contributed by atoms with Crippen molar-refractivity contribution in [1.82, 2.24) is 9.97 Å². The van der Waals surface area contributed by atoms with E-state index in [-0.39, 0.29) is 5.69 Å². The average Bonchev–Trinajstić information content (AvgIpc) is 2.45. The maximum atomic E-state index is 10.6. The second kappa shape index (κ2) is 7.04. The number of aromatic carboxylic acids is 1. The van der Waals surface area contributed by atoms with Crippen LogP contribution in [0.2, 0.25) is 0 Å². The number of hydrogen-bond donors (Lipinski definition) is 2. The van der Waals surface area contributed by atoms with Gasteiger partial charge in [-0.3, -0.25) is 0 Å². The van der Waals surface area contributed by atoms with Crippen LogP contribution in [0.5, 0.6) is 0 Å². The van der Waals surface area contributed by atoms with Gasteiger partial charge in [-0.15, -0.1) is 0 Å². The highest BCUT2D eigenvalue weighted by Gasteiger charge is 2.12. The van der Waals surface area contributed by atoms with Gasteiger partial charge < -0.3 is 15.2 Å². The molecule has 1 aliphatic heterocycles. The van der Waals surface area contributed by atoms with Gasteiger partial charge in [-0.1, -0.05) is 0 Å². The van der Waals surface area contributed by atoms with Gasteiger partial charge in [0.1, 0.15) is 5.82 Å². The van der Waals surface area contributed by atoms with Crippen LogP contribution in [-0.2, 0) is 4.74 Å². The molecule has 2 N–H and O–H groups in total. The molecular weight excluding hydrogens is 246 g/mol.